The van der Waals surface area contributed by atoms with Crippen molar-refractivity contribution in [1.29, 1.82) is 0 Å². The van der Waals surface area contributed by atoms with Gasteiger partial charge in [0.25, 0.3) is 44.5 Å². The van der Waals surface area contributed by atoms with E-state index in [2.05, 4.69) is 86.8 Å². The molecule has 3 saturated heterocycles. The van der Waals surface area contributed by atoms with Crippen molar-refractivity contribution in [3.8, 4) is 11.5 Å². The van der Waals surface area contributed by atoms with Gasteiger partial charge in [-0.2, -0.15) is 0 Å². The molecule has 740 valence electrons. The Kier molecular flexibility index (Phi) is 32.0. The summed E-state index contributed by atoms with van der Waals surface area (Å²) in [6.45, 7) is 12.2. The molecule has 0 aliphatic carbocycles. The third kappa shape index (κ3) is 22.0. The Hall–Kier alpha value is -16.5. The number of aliphatic carboxylic acids is 1. The van der Waals surface area contributed by atoms with Crippen LogP contribution in [-0.4, -0.2) is 183 Å². The van der Waals surface area contributed by atoms with Crippen LogP contribution in [-0.2, 0) is 19.2 Å². The van der Waals surface area contributed by atoms with Crippen LogP contribution in [0.3, 0.4) is 0 Å². The molecule has 40 heteroatoms. The number of hydrogen-bond donors (Lipinski definition) is 14. The van der Waals surface area contributed by atoms with Crippen LogP contribution in [0.5, 0.6) is 11.5 Å². The quantitative estimate of drug-likeness (QED) is 0.0264. The summed E-state index contributed by atoms with van der Waals surface area (Å²) in [4.78, 5) is 155. The van der Waals surface area contributed by atoms with Gasteiger partial charge in [0.1, 0.15) is 87.1 Å². The Balaban J connectivity index is 0.000000125. The molecule has 0 radical (unpaired) electrons. The van der Waals surface area contributed by atoms with Crippen molar-refractivity contribution >= 4 is 138 Å². The summed E-state index contributed by atoms with van der Waals surface area (Å²) in [6.07, 6.45) is 23.4. The number of amides is 3. The van der Waals surface area contributed by atoms with E-state index in [0.717, 1.165) is 111 Å². The number of H-pyrrole nitrogens is 12. The number of piperidine rings is 1. The number of aromatic hydroxyl groups is 1. The standard InChI is InChI=1S/C20H22N4O3S.C20H22N4O3.C19H20N4O2S.C17H15N3O4S.C14H13N3O2.C14H13N3OS/c25-14-7-5-6-13(12-14)17(19(27)23-9-3-1-2-4-10-23)24-11-8-15-16(20(24)28)18(26)22-21-15;25-18-16-15(21-22-18)10-13-24(19(16)26)17(14-8-4-3-5-9-14)20(27)23-11-6-1-2-7-12-23;24-17-15-14(20-21-17)9-12-23(19(15)26)16(13-7-3-1-4-8-13)18(25)22-10-5-2-6-11-22;1-2-8-24-11-5-3-4-10(9-11)14(17(22)23)20-7-6-12-13(16(20)25)15(21)19-18-12;2*1-9(10-5-3-2-4-6-10)17-8-7-11-12(14(17)19)13(18)16-15-11/h5-8,11-12,17,25H,1-4,9-10H2,(H2,21,22,26);3-5,8-10,13,17H,1-2,6-7,11-12H2,(H2,21,22,25);1,3-4,7-9,12,16H,2,5-6,10-11H2,(H2,20,21,24);2-7,9,14H,1,8H2,(H,22,23)(H2,18,19,21);2*2-9H,1H3,(H2,15,16,18). The molecular formula is C104H105N21O15S4. The van der Waals surface area contributed by atoms with Crippen LogP contribution < -0.4 is 49.2 Å². The zero-order chi connectivity index (χ0) is 101. The number of carbonyl (C=O) groups excluding carboxylic acids is 3. The van der Waals surface area contributed by atoms with Crippen molar-refractivity contribution in [2.45, 2.75) is 121 Å². The number of carboxylic acid groups (broad SMARTS) is 1. The number of nitrogens with one attached hydrogen (secondary N) is 12. The number of phenols is 1. The molecule has 3 amide bonds. The Morgan fingerprint density at radius 2 is 0.590 bits per heavy atom. The van der Waals surface area contributed by atoms with Gasteiger partial charge in [-0.05, 0) is 153 Å². The van der Waals surface area contributed by atoms with Crippen molar-refractivity contribution in [3.63, 3.8) is 0 Å². The van der Waals surface area contributed by atoms with Crippen LogP contribution >= 0.6 is 48.9 Å². The summed E-state index contributed by atoms with van der Waals surface area (Å²) in [5.41, 5.74) is 5.65. The van der Waals surface area contributed by atoms with E-state index >= 15 is 0 Å². The molecular weight excluding hydrogens is 1910 g/mol. The first-order valence-corrected chi connectivity index (χ1v) is 48.7. The minimum absolute atomic E-state index is 0.0262. The van der Waals surface area contributed by atoms with Crippen LogP contribution in [0.4, 0.5) is 0 Å². The molecule has 6 atom stereocenters. The number of aromatic nitrogens is 18. The molecule has 3 fully saturated rings. The highest BCUT2D eigenvalue weighted by Gasteiger charge is 2.34. The van der Waals surface area contributed by atoms with E-state index in [4.69, 9.17) is 53.6 Å². The molecule has 15 heterocycles. The van der Waals surface area contributed by atoms with Gasteiger partial charge in [0.15, 0.2) is 6.04 Å². The number of rotatable bonds is 19. The van der Waals surface area contributed by atoms with Crippen molar-refractivity contribution < 1.29 is 34.1 Å². The monoisotopic (exact) mass is 2020 g/mol. The predicted octanol–water partition coefficient (Wildman–Crippen LogP) is 15.3. The summed E-state index contributed by atoms with van der Waals surface area (Å²) in [5, 5.41) is 53.0. The zero-order valence-electron chi connectivity index (χ0n) is 78.4. The van der Waals surface area contributed by atoms with Crippen LogP contribution in [0.1, 0.15) is 154 Å². The summed E-state index contributed by atoms with van der Waals surface area (Å²) in [5.74, 6) is -0.637. The van der Waals surface area contributed by atoms with E-state index in [1.807, 2.05) is 148 Å². The van der Waals surface area contributed by atoms with Gasteiger partial charge in [-0.25, -0.2) is 4.79 Å². The van der Waals surface area contributed by atoms with E-state index in [9.17, 15) is 67.7 Å². The molecule has 6 unspecified atom stereocenters. The highest BCUT2D eigenvalue weighted by atomic mass is 32.1. The number of likely N-dealkylation sites (tertiary alicyclic amines) is 3. The molecule has 3 aliphatic heterocycles. The molecule has 21 rings (SSSR count). The van der Waals surface area contributed by atoms with E-state index in [0.29, 0.717) is 103 Å². The van der Waals surface area contributed by atoms with E-state index < -0.39 is 41.3 Å². The summed E-state index contributed by atoms with van der Waals surface area (Å²) in [7, 11) is 0. The minimum atomic E-state index is -1.09. The lowest BCUT2D eigenvalue weighted by Crippen LogP contribution is -2.41. The van der Waals surface area contributed by atoms with Crippen LogP contribution in [0.2, 0.25) is 0 Å². The maximum Gasteiger partial charge on any atom is 0.331 e. The number of ether oxygens (including phenoxy) is 1. The van der Waals surface area contributed by atoms with Crippen molar-refractivity contribution in [2.24, 2.45) is 0 Å². The highest BCUT2D eigenvalue weighted by molar-refractivity contribution is 7.72. The van der Waals surface area contributed by atoms with Crippen LogP contribution in [0.25, 0.3) is 65.4 Å². The van der Waals surface area contributed by atoms with E-state index in [-0.39, 0.29) is 94.4 Å². The number of aromatic amines is 12. The normalized spacial score (nSPS) is 14.5. The lowest BCUT2D eigenvalue weighted by atomic mass is 10.0. The summed E-state index contributed by atoms with van der Waals surface area (Å²) in [6, 6.07) is 59.2. The number of hydrogen-bond acceptors (Lipinski definition) is 18. The second kappa shape index (κ2) is 45.9. The molecule has 3 aliphatic rings. The van der Waals surface area contributed by atoms with Gasteiger partial charge in [-0.1, -0.05) is 233 Å². The second-order valence-electron chi connectivity index (χ2n) is 35.0. The fourth-order valence-corrected chi connectivity index (χ4v) is 19.9. The largest absolute Gasteiger partial charge is 0.508 e. The third-order valence-electron chi connectivity index (χ3n) is 25.9. The average molecular weight is 2020 g/mol. The molecule has 18 aromatic rings. The zero-order valence-corrected chi connectivity index (χ0v) is 81.7. The molecule has 0 saturated carbocycles. The van der Waals surface area contributed by atoms with Gasteiger partial charge < -0.3 is 52.5 Å². The number of phenolic OH excluding ortho intramolecular Hbond substituents is 1. The molecule has 0 bridgehead atoms. The number of pyridine rings is 6. The van der Waals surface area contributed by atoms with Gasteiger partial charge in [0.05, 0.1) is 45.2 Å². The van der Waals surface area contributed by atoms with Crippen LogP contribution in [0.15, 0.2) is 294 Å². The van der Waals surface area contributed by atoms with Gasteiger partial charge in [-0.15, -0.1) is 0 Å². The van der Waals surface area contributed by atoms with Gasteiger partial charge in [0, 0.05) is 76.4 Å². The smallest absolute Gasteiger partial charge is 0.331 e. The highest BCUT2D eigenvalue weighted by Crippen LogP contribution is 2.33. The van der Waals surface area contributed by atoms with E-state index in [1.165, 1.54) is 9.13 Å². The van der Waals surface area contributed by atoms with Crippen LogP contribution in [0, 0.1) is 18.6 Å². The topological polar surface area (TPSA) is 483 Å². The number of fused-ring (bicyclic) bond motifs is 6. The van der Waals surface area contributed by atoms with Crippen molar-refractivity contribution in [1.82, 2.24) is 103 Å². The summed E-state index contributed by atoms with van der Waals surface area (Å²) < 4.78 is 16.5. The maximum atomic E-state index is 13.6. The SMILES string of the molecule is C=CCOc1cccc(C(C(=O)O)n2ccc3[nH][nH]c(=O)c3c2=S)c1.CC(c1ccccc1)n1ccc2[nH][nH]c(=O)c2c1=O.CC(c1ccccc1)n1ccc2[nH][nH]c(=O)c2c1=S.O=C(C(c1cccc(O)c1)n1ccc2[nH][nH]c(=O)c2c1=S)N1CCCCCC1.O=C(C(c1ccccc1)n1ccc2[nH][nH]c(=O)c2c1=O)N1CCCCCC1.O=C(C(c1ccccc1)n1ccc2[nH][nH]c(=O)c2c1=S)N1CCCCC1. The Labute approximate surface area is 838 Å². The number of benzene rings is 6. The van der Waals surface area contributed by atoms with Crippen molar-refractivity contribution in [2.75, 3.05) is 45.9 Å². The fourth-order valence-electron chi connectivity index (χ4n) is 18.4. The molecule has 144 heavy (non-hydrogen) atoms. The molecule has 12 aromatic heterocycles. The maximum absolute atomic E-state index is 13.6. The molecule has 6 aromatic carbocycles. The van der Waals surface area contributed by atoms with Gasteiger partial charge in [-0.3, -0.25) is 118 Å². The lowest BCUT2D eigenvalue weighted by molar-refractivity contribution is -0.139. The third-order valence-corrected chi connectivity index (χ3v) is 27.5. The first-order chi connectivity index (χ1) is 69.8. The Bertz CT molecular complexity index is 8340. The first kappa shape index (κ1) is 101. The molecule has 36 nitrogen and oxygen atoms in total. The number of nitrogens with zero attached hydrogens (tertiary/aromatic N) is 9. The predicted molar refractivity (Wildman–Crippen MR) is 562 cm³/mol. The Morgan fingerprint density at radius 3 is 0.951 bits per heavy atom. The average Bonchev–Trinajstić information content (AvgIpc) is 1.34. The molecule has 14 N–H and O–H groups in total. The summed E-state index contributed by atoms with van der Waals surface area (Å²) >= 11 is 21.9. The number of carboxylic acids is 1. The fraction of sp³-hybridized carbons (Fsp3) is 0.250. The van der Waals surface area contributed by atoms with Gasteiger partial charge in [0.2, 0.25) is 17.7 Å². The van der Waals surface area contributed by atoms with Gasteiger partial charge >= 0.3 is 5.97 Å². The molecule has 0 spiro atoms. The van der Waals surface area contributed by atoms with Crippen molar-refractivity contribution in [3.05, 3.63) is 391 Å². The second-order valence-corrected chi connectivity index (χ2v) is 36.5. The van der Waals surface area contributed by atoms with E-state index in [1.54, 1.807) is 130 Å². The number of carbonyl (C=O) groups is 4. The lowest BCUT2D eigenvalue weighted by Gasteiger charge is -2.31. The minimum Gasteiger partial charge on any atom is -0.508 e. The first-order valence-electron chi connectivity index (χ1n) is 47.1. The Morgan fingerprint density at radius 1 is 0.319 bits per heavy atom.